The Balaban J connectivity index is 2.15. The van der Waals surface area contributed by atoms with E-state index in [9.17, 15) is 0 Å². The highest BCUT2D eigenvalue weighted by molar-refractivity contribution is 14.1. The lowest BCUT2D eigenvalue weighted by Gasteiger charge is -2.05. The topological polar surface area (TPSA) is 18.5 Å². The van der Waals surface area contributed by atoms with Crippen molar-refractivity contribution >= 4 is 22.6 Å². The molecule has 0 aromatic heterocycles. The van der Waals surface area contributed by atoms with Gasteiger partial charge in [0.1, 0.15) is 5.75 Å². The van der Waals surface area contributed by atoms with Crippen molar-refractivity contribution in [3.05, 3.63) is 27.8 Å². The average molecular weight is 306 g/mol. The molecule has 0 aliphatic rings. The van der Waals surface area contributed by atoms with Crippen LogP contribution in [0.3, 0.4) is 0 Å². The van der Waals surface area contributed by atoms with Gasteiger partial charge in [0.05, 0.1) is 6.61 Å². The summed E-state index contributed by atoms with van der Waals surface area (Å²) in [5, 5.41) is 0. The van der Waals surface area contributed by atoms with Crippen molar-refractivity contribution in [2.75, 3.05) is 19.8 Å². The van der Waals surface area contributed by atoms with Crippen LogP contribution in [0.4, 0.5) is 0 Å². The molecule has 0 N–H and O–H groups in total. The molecule has 1 rings (SSSR count). The quantitative estimate of drug-likeness (QED) is 0.594. The van der Waals surface area contributed by atoms with Gasteiger partial charge in [0.15, 0.2) is 0 Å². The summed E-state index contributed by atoms with van der Waals surface area (Å²) in [6.07, 6.45) is 0.944. The third-order valence-corrected chi connectivity index (χ3v) is 2.44. The molecule has 0 radical (unpaired) electrons. The number of benzene rings is 1. The van der Waals surface area contributed by atoms with E-state index in [-0.39, 0.29) is 0 Å². The molecule has 3 heteroatoms. The fourth-order valence-electron chi connectivity index (χ4n) is 1.03. The molecule has 1 aromatic rings. The van der Waals surface area contributed by atoms with Crippen molar-refractivity contribution in [2.45, 2.75) is 13.3 Å². The van der Waals surface area contributed by atoms with E-state index in [1.807, 2.05) is 31.2 Å². The zero-order valence-electron chi connectivity index (χ0n) is 8.33. The second-order valence-corrected chi connectivity index (χ2v) is 4.10. The fourth-order valence-corrected chi connectivity index (χ4v) is 1.39. The first kappa shape index (κ1) is 11.8. The number of hydrogen-bond acceptors (Lipinski definition) is 2. The first-order valence-corrected chi connectivity index (χ1v) is 5.87. The van der Waals surface area contributed by atoms with Gasteiger partial charge in [-0.05, 0) is 53.8 Å². The van der Waals surface area contributed by atoms with Crippen LogP contribution in [0.5, 0.6) is 5.75 Å². The van der Waals surface area contributed by atoms with Gasteiger partial charge in [-0.2, -0.15) is 0 Å². The van der Waals surface area contributed by atoms with E-state index in [2.05, 4.69) is 22.6 Å². The predicted octanol–water partition coefficient (Wildman–Crippen LogP) is 3.10. The number of ether oxygens (including phenoxy) is 2. The Bertz CT molecular complexity index is 246. The van der Waals surface area contributed by atoms with Crippen LogP contribution in [-0.4, -0.2) is 19.8 Å². The molecule has 78 valence electrons. The molecule has 0 atom stereocenters. The predicted molar refractivity (Wildman–Crippen MR) is 65.8 cm³/mol. The highest BCUT2D eigenvalue weighted by atomic mass is 127. The highest BCUT2D eigenvalue weighted by Gasteiger charge is 1.93. The smallest absolute Gasteiger partial charge is 0.119 e. The summed E-state index contributed by atoms with van der Waals surface area (Å²) in [4.78, 5) is 0. The van der Waals surface area contributed by atoms with E-state index in [0.717, 1.165) is 32.0 Å². The van der Waals surface area contributed by atoms with Crippen LogP contribution < -0.4 is 4.74 Å². The van der Waals surface area contributed by atoms with Gasteiger partial charge in [0.25, 0.3) is 0 Å². The van der Waals surface area contributed by atoms with E-state index in [0.29, 0.717) is 0 Å². The third-order valence-electron chi connectivity index (χ3n) is 1.72. The van der Waals surface area contributed by atoms with Gasteiger partial charge in [-0.25, -0.2) is 0 Å². The van der Waals surface area contributed by atoms with Crippen LogP contribution in [0.25, 0.3) is 0 Å². The Morgan fingerprint density at radius 3 is 2.50 bits per heavy atom. The summed E-state index contributed by atoms with van der Waals surface area (Å²) < 4.78 is 12.0. The van der Waals surface area contributed by atoms with Crippen molar-refractivity contribution in [3.63, 3.8) is 0 Å². The van der Waals surface area contributed by atoms with Crippen LogP contribution in [0, 0.1) is 3.57 Å². The van der Waals surface area contributed by atoms with Gasteiger partial charge in [0.2, 0.25) is 0 Å². The van der Waals surface area contributed by atoms with Crippen molar-refractivity contribution in [3.8, 4) is 5.75 Å². The number of rotatable bonds is 6. The molecule has 0 saturated heterocycles. The normalized spacial score (nSPS) is 10.1. The maximum Gasteiger partial charge on any atom is 0.119 e. The molecule has 2 nitrogen and oxygen atoms in total. The molecular weight excluding hydrogens is 291 g/mol. The van der Waals surface area contributed by atoms with Crippen LogP contribution in [0.2, 0.25) is 0 Å². The zero-order valence-corrected chi connectivity index (χ0v) is 10.5. The maximum atomic E-state index is 5.52. The lowest BCUT2D eigenvalue weighted by atomic mass is 10.3. The van der Waals surface area contributed by atoms with Crippen molar-refractivity contribution < 1.29 is 9.47 Å². The van der Waals surface area contributed by atoms with E-state index < -0.39 is 0 Å². The monoisotopic (exact) mass is 306 g/mol. The van der Waals surface area contributed by atoms with Crippen molar-refractivity contribution in [1.82, 2.24) is 0 Å². The second kappa shape index (κ2) is 7.06. The molecule has 0 aliphatic heterocycles. The Hall–Kier alpha value is -0.290. The van der Waals surface area contributed by atoms with E-state index in [1.54, 1.807) is 0 Å². The SMILES string of the molecule is CCOCCCOc1ccc(I)cc1. The average Bonchev–Trinajstić information content (AvgIpc) is 2.21. The van der Waals surface area contributed by atoms with Crippen LogP contribution in [0.15, 0.2) is 24.3 Å². The van der Waals surface area contributed by atoms with E-state index >= 15 is 0 Å². The van der Waals surface area contributed by atoms with Gasteiger partial charge in [0, 0.05) is 23.2 Å². The minimum absolute atomic E-state index is 0.723. The summed E-state index contributed by atoms with van der Waals surface area (Å²) in [7, 11) is 0. The molecule has 1 aromatic carbocycles. The summed E-state index contributed by atoms with van der Waals surface area (Å²) in [6, 6.07) is 8.06. The number of halogens is 1. The molecule has 14 heavy (non-hydrogen) atoms. The van der Waals surface area contributed by atoms with Crippen molar-refractivity contribution in [1.29, 1.82) is 0 Å². The lowest BCUT2D eigenvalue weighted by molar-refractivity contribution is 0.131. The lowest BCUT2D eigenvalue weighted by Crippen LogP contribution is -2.02. The van der Waals surface area contributed by atoms with Gasteiger partial charge < -0.3 is 9.47 Å². The first-order chi connectivity index (χ1) is 6.83. The Morgan fingerprint density at radius 1 is 1.14 bits per heavy atom. The molecule has 0 saturated carbocycles. The van der Waals surface area contributed by atoms with Crippen LogP contribution >= 0.6 is 22.6 Å². The van der Waals surface area contributed by atoms with Crippen LogP contribution in [-0.2, 0) is 4.74 Å². The Labute approximate surface area is 98.7 Å². The molecule has 0 fully saturated rings. The second-order valence-electron chi connectivity index (χ2n) is 2.85. The molecule has 0 heterocycles. The largest absolute Gasteiger partial charge is 0.494 e. The molecule has 0 amide bonds. The molecule has 0 aliphatic carbocycles. The standard InChI is InChI=1S/C11H15IO2/c1-2-13-8-3-9-14-11-6-4-10(12)5-7-11/h4-7H,2-3,8-9H2,1H3. The molecule has 0 spiro atoms. The molecular formula is C11H15IO2. The van der Waals surface area contributed by atoms with E-state index in [1.165, 1.54) is 3.57 Å². The van der Waals surface area contributed by atoms with Crippen LogP contribution in [0.1, 0.15) is 13.3 Å². The molecule has 0 unspecified atom stereocenters. The minimum Gasteiger partial charge on any atom is -0.494 e. The minimum atomic E-state index is 0.723. The summed E-state index contributed by atoms with van der Waals surface area (Å²) in [6.45, 7) is 4.28. The van der Waals surface area contributed by atoms with Crippen molar-refractivity contribution in [2.24, 2.45) is 0 Å². The highest BCUT2D eigenvalue weighted by Crippen LogP contribution is 2.13. The van der Waals surface area contributed by atoms with Gasteiger partial charge >= 0.3 is 0 Å². The summed E-state index contributed by atoms with van der Waals surface area (Å²) >= 11 is 2.28. The van der Waals surface area contributed by atoms with Gasteiger partial charge in [-0.1, -0.05) is 0 Å². The van der Waals surface area contributed by atoms with Gasteiger partial charge in [-0.3, -0.25) is 0 Å². The van der Waals surface area contributed by atoms with E-state index in [4.69, 9.17) is 9.47 Å². The summed E-state index contributed by atoms with van der Waals surface area (Å²) in [5.41, 5.74) is 0. The number of hydrogen-bond donors (Lipinski definition) is 0. The Kier molecular flexibility index (Phi) is 5.94. The summed E-state index contributed by atoms with van der Waals surface area (Å²) in [5.74, 6) is 0.932. The van der Waals surface area contributed by atoms with Gasteiger partial charge in [-0.15, -0.1) is 0 Å². The fraction of sp³-hybridized carbons (Fsp3) is 0.455. The molecule has 0 bridgehead atoms. The zero-order chi connectivity index (χ0) is 10.2. The Morgan fingerprint density at radius 2 is 1.86 bits per heavy atom. The first-order valence-electron chi connectivity index (χ1n) is 4.79. The third kappa shape index (κ3) is 4.81. The maximum absolute atomic E-state index is 5.52.